The van der Waals surface area contributed by atoms with Crippen molar-refractivity contribution in [3.63, 3.8) is 0 Å². The number of carbonyl (C=O) groups excluding carboxylic acids is 1. The number of amides is 1. The first kappa shape index (κ1) is 18.4. The van der Waals surface area contributed by atoms with Crippen molar-refractivity contribution in [1.82, 2.24) is 14.9 Å². The molecule has 5 nitrogen and oxygen atoms in total. The lowest BCUT2D eigenvalue weighted by atomic mass is 10.2. The molecule has 0 atom stereocenters. The first-order chi connectivity index (χ1) is 13.0. The number of nitrogens with zero attached hydrogens (tertiary/aromatic N) is 3. The molecule has 0 saturated carbocycles. The standard InChI is InChI=1S/C20H18F2N4O/c1-26(10-7-14-5-8-23-9-6-14)20(27)15-11-16(13-24-12-15)25-19-17(21)3-2-4-18(19)22/h2-6,8-9,11-13,25H,7,10H2,1H3. The fraction of sp³-hybridized carbons (Fsp3) is 0.150. The number of hydrogen-bond donors (Lipinski definition) is 1. The molecule has 0 radical (unpaired) electrons. The summed E-state index contributed by atoms with van der Waals surface area (Å²) in [5.74, 6) is -1.67. The molecular formula is C20H18F2N4O. The molecule has 0 aliphatic heterocycles. The molecule has 0 spiro atoms. The number of rotatable bonds is 6. The Morgan fingerprint density at radius 2 is 1.78 bits per heavy atom. The topological polar surface area (TPSA) is 58.1 Å². The first-order valence-corrected chi connectivity index (χ1v) is 8.35. The average molecular weight is 368 g/mol. The van der Waals surface area contributed by atoms with Gasteiger partial charge in [0.1, 0.15) is 17.3 Å². The Kier molecular flexibility index (Phi) is 5.71. The molecule has 7 heteroatoms. The lowest BCUT2D eigenvalue weighted by Gasteiger charge is -2.17. The minimum Gasteiger partial charge on any atom is -0.349 e. The smallest absolute Gasteiger partial charge is 0.255 e. The highest BCUT2D eigenvalue weighted by atomic mass is 19.1. The van der Waals surface area contributed by atoms with Crippen LogP contribution in [0.2, 0.25) is 0 Å². The maximum absolute atomic E-state index is 13.8. The summed E-state index contributed by atoms with van der Waals surface area (Å²) in [6.07, 6.45) is 6.93. The molecule has 1 amide bonds. The monoisotopic (exact) mass is 368 g/mol. The van der Waals surface area contributed by atoms with Crippen molar-refractivity contribution >= 4 is 17.3 Å². The van der Waals surface area contributed by atoms with E-state index in [4.69, 9.17) is 0 Å². The molecule has 0 fully saturated rings. The molecule has 3 aromatic rings. The number of nitrogens with one attached hydrogen (secondary N) is 1. The van der Waals surface area contributed by atoms with Gasteiger partial charge in [-0.15, -0.1) is 0 Å². The van der Waals surface area contributed by atoms with Crippen LogP contribution in [-0.2, 0) is 6.42 Å². The van der Waals surface area contributed by atoms with Gasteiger partial charge in [-0.05, 0) is 42.3 Å². The second-order valence-electron chi connectivity index (χ2n) is 6.02. The predicted octanol–water partition coefficient (Wildman–Crippen LogP) is 3.81. The van der Waals surface area contributed by atoms with Gasteiger partial charge in [-0.2, -0.15) is 0 Å². The third kappa shape index (κ3) is 4.63. The zero-order chi connectivity index (χ0) is 19.2. The molecule has 1 N–H and O–H groups in total. The lowest BCUT2D eigenvalue weighted by molar-refractivity contribution is 0.0796. The predicted molar refractivity (Wildman–Crippen MR) is 98.8 cm³/mol. The molecule has 0 bridgehead atoms. The Morgan fingerprint density at radius 1 is 1.07 bits per heavy atom. The highest BCUT2D eigenvalue weighted by molar-refractivity contribution is 5.94. The number of pyridine rings is 2. The van der Waals surface area contributed by atoms with Crippen molar-refractivity contribution in [3.8, 4) is 0 Å². The maximum atomic E-state index is 13.8. The summed E-state index contributed by atoms with van der Waals surface area (Å²) in [4.78, 5) is 22.1. The van der Waals surface area contributed by atoms with Gasteiger partial charge < -0.3 is 10.2 Å². The molecule has 0 saturated heterocycles. The third-order valence-electron chi connectivity index (χ3n) is 4.05. The van der Waals surface area contributed by atoms with Gasteiger partial charge in [-0.3, -0.25) is 14.8 Å². The van der Waals surface area contributed by atoms with Gasteiger partial charge in [-0.25, -0.2) is 8.78 Å². The van der Waals surface area contributed by atoms with Crippen LogP contribution < -0.4 is 5.32 Å². The summed E-state index contributed by atoms with van der Waals surface area (Å²) >= 11 is 0. The Bertz CT molecular complexity index is 914. The fourth-order valence-corrected chi connectivity index (χ4v) is 2.56. The zero-order valence-electron chi connectivity index (χ0n) is 14.7. The number of para-hydroxylation sites is 1. The van der Waals surface area contributed by atoms with Crippen molar-refractivity contribution in [2.45, 2.75) is 6.42 Å². The lowest BCUT2D eigenvalue weighted by Crippen LogP contribution is -2.29. The van der Waals surface area contributed by atoms with Crippen LogP contribution in [0.15, 0.2) is 61.2 Å². The molecule has 2 heterocycles. The van der Waals surface area contributed by atoms with E-state index in [-0.39, 0.29) is 11.6 Å². The third-order valence-corrected chi connectivity index (χ3v) is 4.05. The van der Waals surface area contributed by atoms with E-state index in [0.29, 0.717) is 24.2 Å². The number of carbonyl (C=O) groups is 1. The van der Waals surface area contributed by atoms with Crippen molar-refractivity contribution in [2.75, 3.05) is 18.9 Å². The van der Waals surface area contributed by atoms with Gasteiger partial charge in [-0.1, -0.05) is 6.07 Å². The highest BCUT2D eigenvalue weighted by Gasteiger charge is 2.14. The Hall–Kier alpha value is -3.35. The molecule has 0 aliphatic rings. The van der Waals surface area contributed by atoms with E-state index >= 15 is 0 Å². The van der Waals surface area contributed by atoms with Crippen LogP contribution in [0.25, 0.3) is 0 Å². The van der Waals surface area contributed by atoms with E-state index < -0.39 is 11.6 Å². The van der Waals surface area contributed by atoms with Crippen LogP contribution in [0.3, 0.4) is 0 Å². The molecule has 0 unspecified atom stereocenters. The molecule has 1 aromatic carbocycles. The van der Waals surface area contributed by atoms with Gasteiger partial charge in [0, 0.05) is 32.2 Å². The maximum Gasteiger partial charge on any atom is 0.255 e. The molecule has 3 rings (SSSR count). The summed E-state index contributed by atoms with van der Waals surface area (Å²) in [7, 11) is 1.69. The van der Waals surface area contributed by atoms with Gasteiger partial charge in [0.05, 0.1) is 17.4 Å². The van der Waals surface area contributed by atoms with Gasteiger partial charge in [0.15, 0.2) is 0 Å². The van der Waals surface area contributed by atoms with Crippen molar-refractivity contribution in [2.24, 2.45) is 0 Å². The summed E-state index contributed by atoms with van der Waals surface area (Å²) in [5, 5.41) is 2.64. The normalized spacial score (nSPS) is 10.5. The minimum absolute atomic E-state index is 0.228. The fourth-order valence-electron chi connectivity index (χ4n) is 2.56. The Balaban J connectivity index is 1.69. The number of aromatic nitrogens is 2. The summed E-state index contributed by atoms with van der Waals surface area (Å²) in [5.41, 5.74) is 1.45. The van der Waals surface area contributed by atoms with Crippen LogP contribution in [0.5, 0.6) is 0 Å². The van der Waals surface area contributed by atoms with Crippen LogP contribution >= 0.6 is 0 Å². The SMILES string of the molecule is CN(CCc1ccncc1)C(=O)c1cncc(Nc2c(F)cccc2F)c1. The molecule has 138 valence electrons. The first-order valence-electron chi connectivity index (χ1n) is 8.35. The van der Waals surface area contributed by atoms with Crippen LogP contribution in [0, 0.1) is 11.6 Å². The van der Waals surface area contributed by atoms with Crippen LogP contribution in [0.4, 0.5) is 20.2 Å². The second kappa shape index (κ2) is 8.35. The Morgan fingerprint density at radius 3 is 2.48 bits per heavy atom. The zero-order valence-corrected chi connectivity index (χ0v) is 14.7. The second-order valence-corrected chi connectivity index (χ2v) is 6.02. The van der Waals surface area contributed by atoms with E-state index in [2.05, 4.69) is 15.3 Å². The largest absolute Gasteiger partial charge is 0.349 e. The van der Waals surface area contributed by atoms with Crippen molar-refractivity contribution < 1.29 is 13.6 Å². The Labute approximate surface area is 155 Å². The van der Waals surface area contributed by atoms with Crippen LogP contribution in [0.1, 0.15) is 15.9 Å². The highest BCUT2D eigenvalue weighted by Crippen LogP contribution is 2.23. The van der Waals surface area contributed by atoms with Crippen molar-refractivity contribution in [1.29, 1.82) is 0 Å². The number of likely N-dealkylation sites (N-methyl/N-ethyl adjacent to an activating group) is 1. The van der Waals surface area contributed by atoms with Gasteiger partial charge in [0.25, 0.3) is 5.91 Å². The number of anilines is 2. The quantitative estimate of drug-likeness (QED) is 0.719. The van der Waals surface area contributed by atoms with Gasteiger partial charge in [0.2, 0.25) is 0 Å². The molecule has 0 aliphatic carbocycles. The summed E-state index contributed by atoms with van der Waals surface area (Å²) < 4.78 is 27.6. The van der Waals surface area contributed by atoms with E-state index in [1.165, 1.54) is 24.5 Å². The van der Waals surface area contributed by atoms with E-state index in [1.807, 2.05) is 12.1 Å². The van der Waals surface area contributed by atoms with E-state index in [9.17, 15) is 13.6 Å². The summed E-state index contributed by atoms with van der Waals surface area (Å²) in [6.45, 7) is 0.516. The summed E-state index contributed by atoms with van der Waals surface area (Å²) in [6, 6.07) is 8.90. The molecule has 2 aromatic heterocycles. The average Bonchev–Trinajstić information content (AvgIpc) is 2.69. The number of halogens is 2. The molecule has 27 heavy (non-hydrogen) atoms. The van der Waals surface area contributed by atoms with E-state index in [1.54, 1.807) is 24.3 Å². The van der Waals surface area contributed by atoms with Crippen molar-refractivity contribution in [3.05, 3.63) is 83.9 Å². The van der Waals surface area contributed by atoms with Crippen LogP contribution in [-0.4, -0.2) is 34.4 Å². The van der Waals surface area contributed by atoms with E-state index in [0.717, 1.165) is 17.7 Å². The number of hydrogen-bond acceptors (Lipinski definition) is 4. The van der Waals surface area contributed by atoms with Gasteiger partial charge >= 0.3 is 0 Å². The number of benzene rings is 1. The molecular weight excluding hydrogens is 350 g/mol. The minimum atomic E-state index is -0.721.